The lowest BCUT2D eigenvalue weighted by Gasteiger charge is -1.93. The van der Waals surface area contributed by atoms with Gasteiger partial charge in [0.2, 0.25) is 0 Å². The second-order valence-corrected chi connectivity index (χ2v) is 2.89. The van der Waals surface area contributed by atoms with Crippen molar-refractivity contribution >= 4 is 21.9 Å². The number of nitrogen functional groups attached to an aromatic ring is 1. The van der Waals surface area contributed by atoms with Gasteiger partial charge < -0.3 is 10.8 Å². The van der Waals surface area contributed by atoms with E-state index in [4.69, 9.17) is 5.84 Å². The Hall–Kier alpha value is -2.04. The largest absolute Gasteiger partial charge is 0.345 e. The van der Waals surface area contributed by atoms with Crippen LogP contribution in [0.3, 0.4) is 0 Å². The maximum atomic E-state index is 5.60. The average Bonchev–Trinajstić information content (AvgIpc) is 2.70. The summed E-state index contributed by atoms with van der Waals surface area (Å²) >= 11 is 0. The van der Waals surface area contributed by atoms with Crippen molar-refractivity contribution in [2.45, 2.75) is 0 Å². The molecule has 5 nitrogen and oxygen atoms in total. The minimum atomic E-state index is 0.889. The molecule has 0 bridgehead atoms. The van der Waals surface area contributed by atoms with Crippen molar-refractivity contribution in [3.8, 4) is 0 Å². The van der Waals surface area contributed by atoms with E-state index in [0.29, 0.717) is 0 Å². The van der Waals surface area contributed by atoms with E-state index in [1.165, 1.54) is 4.79 Å². The number of imidazole rings is 1. The van der Waals surface area contributed by atoms with Crippen LogP contribution in [0.4, 0.5) is 0 Å². The number of aromatic nitrogens is 4. The van der Waals surface area contributed by atoms with E-state index in [9.17, 15) is 0 Å². The van der Waals surface area contributed by atoms with Gasteiger partial charge in [-0.3, -0.25) is 0 Å². The van der Waals surface area contributed by atoms with Crippen LogP contribution in [-0.2, 0) is 0 Å². The second-order valence-electron chi connectivity index (χ2n) is 2.89. The van der Waals surface area contributed by atoms with Gasteiger partial charge in [-0.1, -0.05) is 0 Å². The normalized spacial score (nSPS) is 11.4. The Labute approximate surface area is 73.1 Å². The van der Waals surface area contributed by atoms with Crippen LogP contribution in [-0.4, -0.2) is 19.9 Å². The van der Waals surface area contributed by atoms with Crippen LogP contribution in [0.1, 0.15) is 0 Å². The molecule has 0 radical (unpaired) electrons. The van der Waals surface area contributed by atoms with Gasteiger partial charge in [-0.25, -0.2) is 4.98 Å². The Balaban J connectivity index is 2.66. The molecule has 2 aromatic heterocycles. The Morgan fingerprint density at radius 1 is 1.38 bits per heavy atom. The molecule has 0 spiro atoms. The Morgan fingerprint density at radius 2 is 2.31 bits per heavy atom. The van der Waals surface area contributed by atoms with Crippen LogP contribution in [0.25, 0.3) is 21.9 Å². The highest BCUT2D eigenvalue weighted by molar-refractivity contribution is 6.02. The van der Waals surface area contributed by atoms with Crippen LogP contribution < -0.4 is 5.84 Å². The van der Waals surface area contributed by atoms with Crippen LogP contribution in [0.15, 0.2) is 24.7 Å². The van der Waals surface area contributed by atoms with E-state index < -0.39 is 0 Å². The molecule has 0 aliphatic heterocycles. The highest BCUT2D eigenvalue weighted by atomic mass is 15.5. The summed E-state index contributed by atoms with van der Waals surface area (Å²) in [7, 11) is 0. The Kier molecular flexibility index (Phi) is 0.999. The van der Waals surface area contributed by atoms with Gasteiger partial charge in [-0.15, -0.1) is 0 Å². The van der Waals surface area contributed by atoms with Crippen LogP contribution in [0, 0.1) is 0 Å². The average molecular weight is 173 g/mol. The smallest absolute Gasteiger partial charge is 0.0993 e. The van der Waals surface area contributed by atoms with Crippen molar-refractivity contribution in [1.29, 1.82) is 0 Å². The maximum Gasteiger partial charge on any atom is 0.0993 e. The third kappa shape index (κ3) is 0.703. The highest BCUT2D eigenvalue weighted by Gasteiger charge is 2.05. The molecule has 64 valence electrons. The number of hydrogen-bond donors (Lipinski definition) is 2. The molecular formula is C8H7N5. The second kappa shape index (κ2) is 2.01. The lowest BCUT2D eigenvalue weighted by atomic mass is 10.2. The zero-order valence-electron chi connectivity index (χ0n) is 6.73. The van der Waals surface area contributed by atoms with E-state index in [0.717, 1.165) is 21.9 Å². The standard InChI is InChI=1S/C8H7N5/c9-13-7-2-1-6-8(11-4-10-6)5(7)3-12-13/h1-4H,9H2,(H,10,11). The predicted molar refractivity (Wildman–Crippen MR) is 49.5 cm³/mol. The number of fused-ring (bicyclic) bond motifs is 3. The lowest BCUT2D eigenvalue weighted by molar-refractivity contribution is 0.863. The molecule has 0 saturated carbocycles. The number of benzene rings is 1. The zero-order chi connectivity index (χ0) is 8.84. The monoisotopic (exact) mass is 173 g/mol. The zero-order valence-corrected chi connectivity index (χ0v) is 6.73. The fraction of sp³-hybridized carbons (Fsp3) is 0. The Bertz CT molecular complexity index is 576. The maximum absolute atomic E-state index is 5.60. The number of rotatable bonds is 0. The van der Waals surface area contributed by atoms with Gasteiger partial charge in [0.05, 0.1) is 29.1 Å². The summed E-state index contributed by atoms with van der Waals surface area (Å²) in [6.45, 7) is 0. The molecule has 2 heterocycles. The van der Waals surface area contributed by atoms with Gasteiger partial charge in [-0.2, -0.15) is 9.89 Å². The summed E-state index contributed by atoms with van der Waals surface area (Å²) < 4.78 is 0. The first-order valence-electron chi connectivity index (χ1n) is 3.91. The molecule has 0 amide bonds. The van der Waals surface area contributed by atoms with Gasteiger partial charge in [0.1, 0.15) is 0 Å². The van der Waals surface area contributed by atoms with Crippen molar-refractivity contribution in [3.63, 3.8) is 0 Å². The molecular weight excluding hydrogens is 166 g/mol. The van der Waals surface area contributed by atoms with Crippen LogP contribution >= 0.6 is 0 Å². The molecule has 3 aromatic rings. The van der Waals surface area contributed by atoms with E-state index in [1.54, 1.807) is 12.5 Å². The topological polar surface area (TPSA) is 72.5 Å². The van der Waals surface area contributed by atoms with E-state index in [2.05, 4.69) is 15.1 Å². The molecule has 5 heteroatoms. The van der Waals surface area contributed by atoms with Crippen molar-refractivity contribution in [1.82, 2.24) is 19.9 Å². The molecule has 0 saturated heterocycles. The van der Waals surface area contributed by atoms with E-state index in [1.807, 2.05) is 12.1 Å². The molecule has 0 atom stereocenters. The predicted octanol–water partition coefficient (Wildman–Crippen LogP) is 0.626. The highest BCUT2D eigenvalue weighted by Crippen LogP contribution is 2.20. The van der Waals surface area contributed by atoms with Gasteiger partial charge in [-0.05, 0) is 12.1 Å². The summed E-state index contributed by atoms with van der Waals surface area (Å²) in [6, 6.07) is 3.86. The first-order chi connectivity index (χ1) is 6.36. The van der Waals surface area contributed by atoms with Gasteiger partial charge >= 0.3 is 0 Å². The summed E-state index contributed by atoms with van der Waals surface area (Å²) in [4.78, 5) is 8.58. The number of H-pyrrole nitrogens is 1. The fourth-order valence-corrected chi connectivity index (χ4v) is 1.53. The third-order valence-electron chi connectivity index (χ3n) is 2.17. The molecule has 3 rings (SSSR count). The van der Waals surface area contributed by atoms with Gasteiger partial charge in [0.25, 0.3) is 0 Å². The number of hydrogen-bond acceptors (Lipinski definition) is 3. The molecule has 13 heavy (non-hydrogen) atoms. The van der Waals surface area contributed by atoms with Crippen molar-refractivity contribution in [2.24, 2.45) is 0 Å². The van der Waals surface area contributed by atoms with Crippen LogP contribution in [0.2, 0.25) is 0 Å². The molecule has 1 aromatic carbocycles. The molecule has 0 aliphatic rings. The number of nitrogens with zero attached hydrogens (tertiary/aromatic N) is 3. The van der Waals surface area contributed by atoms with E-state index in [-0.39, 0.29) is 0 Å². The molecule has 3 N–H and O–H groups in total. The van der Waals surface area contributed by atoms with Crippen LogP contribution in [0.5, 0.6) is 0 Å². The van der Waals surface area contributed by atoms with Gasteiger partial charge in [0.15, 0.2) is 0 Å². The molecule has 0 aliphatic carbocycles. The van der Waals surface area contributed by atoms with Crippen molar-refractivity contribution < 1.29 is 0 Å². The summed E-state index contributed by atoms with van der Waals surface area (Å²) in [5, 5.41) is 4.94. The number of aromatic amines is 1. The third-order valence-corrected chi connectivity index (χ3v) is 2.17. The molecule has 0 unspecified atom stereocenters. The first-order valence-corrected chi connectivity index (χ1v) is 3.91. The lowest BCUT2D eigenvalue weighted by Crippen LogP contribution is -2.08. The first kappa shape index (κ1) is 6.47. The quantitative estimate of drug-likeness (QED) is 0.489. The Morgan fingerprint density at radius 3 is 3.23 bits per heavy atom. The van der Waals surface area contributed by atoms with Crippen molar-refractivity contribution in [2.75, 3.05) is 5.84 Å². The fourth-order valence-electron chi connectivity index (χ4n) is 1.53. The van der Waals surface area contributed by atoms with E-state index >= 15 is 0 Å². The summed E-state index contributed by atoms with van der Waals surface area (Å²) in [5.74, 6) is 5.60. The SMILES string of the molecule is Nn1ncc2c3nc[nH]c3ccc21. The van der Waals surface area contributed by atoms with Crippen molar-refractivity contribution in [3.05, 3.63) is 24.7 Å². The van der Waals surface area contributed by atoms with Gasteiger partial charge in [0, 0.05) is 5.39 Å². The number of nitrogens with one attached hydrogen (secondary N) is 1. The minimum absolute atomic E-state index is 0.889. The summed E-state index contributed by atoms with van der Waals surface area (Å²) in [6.07, 6.45) is 3.39. The minimum Gasteiger partial charge on any atom is -0.345 e. The summed E-state index contributed by atoms with van der Waals surface area (Å²) in [5.41, 5.74) is 2.80. The number of nitrogens with two attached hydrogens (primary N) is 1. The molecule has 0 fully saturated rings.